The molecule has 2 heterocycles. The van der Waals surface area contributed by atoms with Crippen LogP contribution in [0.1, 0.15) is 62.8 Å². The van der Waals surface area contributed by atoms with E-state index in [1.807, 2.05) is 0 Å². The van der Waals surface area contributed by atoms with Crippen LogP contribution in [0.15, 0.2) is 42.7 Å². The van der Waals surface area contributed by atoms with Crippen molar-refractivity contribution in [1.29, 1.82) is 0 Å². The predicted octanol–water partition coefficient (Wildman–Crippen LogP) is 2.13. The largest absolute Gasteiger partial charge is 0.348 e. The Morgan fingerprint density at radius 2 is 1.86 bits per heavy atom. The summed E-state index contributed by atoms with van der Waals surface area (Å²) in [6.07, 6.45) is 6.03. The van der Waals surface area contributed by atoms with E-state index in [1.165, 1.54) is 11.0 Å². The molecule has 3 rings (SSSR count). The van der Waals surface area contributed by atoms with E-state index in [2.05, 4.69) is 17.2 Å². The summed E-state index contributed by atoms with van der Waals surface area (Å²) >= 11 is 0. The summed E-state index contributed by atoms with van der Waals surface area (Å²) in [5, 5.41) is 2.91. The molecule has 2 aromatic rings. The molecule has 0 saturated heterocycles. The summed E-state index contributed by atoms with van der Waals surface area (Å²) in [5.74, 6) is -1.04. The van der Waals surface area contributed by atoms with Crippen LogP contribution in [0.3, 0.4) is 0 Å². The maximum atomic E-state index is 12.7. The first-order chi connectivity index (χ1) is 13.5. The van der Waals surface area contributed by atoms with Gasteiger partial charge in [0.2, 0.25) is 0 Å². The minimum atomic E-state index is -0.396. The first-order valence-corrected chi connectivity index (χ1v) is 9.45. The summed E-state index contributed by atoms with van der Waals surface area (Å²) in [5.41, 5.74) is 7.47. The minimum Gasteiger partial charge on any atom is -0.348 e. The third-order valence-corrected chi connectivity index (χ3v) is 4.85. The van der Waals surface area contributed by atoms with Crippen LogP contribution in [-0.2, 0) is 6.54 Å². The number of fused-ring (bicyclic) bond motifs is 1. The average Bonchev–Trinajstić information content (AvgIpc) is 2.96. The molecule has 3 amide bonds. The molecule has 1 unspecified atom stereocenters. The predicted molar refractivity (Wildman–Crippen MR) is 105 cm³/mol. The third-order valence-electron chi connectivity index (χ3n) is 4.85. The van der Waals surface area contributed by atoms with Crippen molar-refractivity contribution < 1.29 is 14.4 Å². The molecule has 7 nitrogen and oxygen atoms in total. The second-order valence-corrected chi connectivity index (χ2v) is 6.86. The van der Waals surface area contributed by atoms with Gasteiger partial charge in [-0.3, -0.25) is 24.3 Å². The molecule has 0 radical (unpaired) electrons. The van der Waals surface area contributed by atoms with Crippen LogP contribution < -0.4 is 11.1 Å². The van der Waals surface area contributed by atoms with E-state index in [-0.39, 0.29) is 30.0 Å². The molecule has 0 saturated carbocycles. The van der Waals surface area contributed by atoms with Crippen LogP contribution in [0.25, 0.3) is 0 Å². The Morgan fingerprint density at radius 1 is 1.14 bits per heavy atom. The summed E-state index contributed by atoms with van der Waals surface area (Å²) in [4.78, 5) is 43.0. The Hall–Kier alpha value is -3.06. The van der Waals surface area contributed by atoms with Crippen molar-refractivity contribution in [1.82, 2.24) is 15.2 Å². The molecule has 1 aromatic heterocycles. The second-order valence-electron chi connectivity index (χ2n) is 6.86. The third kappa shape index (κ3) is 4.09. The lowest BCUT2D eigenvalue weighted by Crippen LogP contribution is -2.40. The second kappa shape index (κ2) is 8.75. The van der Waals surface area contributed by atoms with Gasteiger partial charge in [-0.05, 0) is 42.3 Å². The number of carbonyl (C=O) groups excluding carboxylic acids is 3. The summed E-state index contributed by atoms with van der Waals surface area (Å²) in [6, 6.07) is 8.01. The summed E-state index contributed by atoms with van der Waals surface area (Å²) < 4.78 is 0. The Morgan fingerprint density at radius 3 is 2.54 bits per heavy atom. The Balaban J connectivity index is 1.76. The number of amides is 3. The highest BCUT2D eigenvalue weighted by molar-refractivity contribution is 6.22. The number of nitrogens with two attached hydrogens (primary N) is 1. The van der Waals surface area contributed by atoms with Gasteiger partial charge in [0.1, 0.15) is 0 Å². The summed E-state index contributed by atoms with van der Waals surface area (Å²) in [6.45, 7) is 2.60. The number of carbonyl (C=O) groups is 3. The van der Waals surface area contributed by atoms with Crippen molar-refractivity contribution in [3.05, 3.63) is 65.0 Å². The number of hydrogen-bond donors (Lipinski definition) is 2. The molecule has 146 valence electrons. The van der Waals surface area contributed by atoms with E-state index in [0.29, 0.717) is 17.7 Å². The fourth-order valence-corrected chi connectivity index (χ4v) is 3.21. The molecule has 1 aliphatic rings. The minimum absolute atomic E-state index is 0.110. The molecule has 3 N–H and O–H groups in total. The van der Waals surface area contributed by atoms with Crippen molar-refractivity contribution >= 4 is 17.7 Å². The van der Waals surface area contributed by atoms with Gasteiger partial charge in [0.05, 0.1) is 17.7 Å². The Labute approximate surface area is 163 Å². The van der Waals surface area contributed by atoms with E-state index in [9.17, 15) is 14.4 Å². The van der Waals surface area contributed by atoms with Gasteiger partial charge in [0.25, 0.3) is 17.7 Å². The lowest BCUT2D eigenvalue weighted by atomic mass is 10.0. The Kier molecular flexibility index (Phi) is 6.16. The number of unbranched alkanes of at least 4 members (excludes halogenated alkanes) is 1. The zero-order chi connectivity index (χ0) is 20.1. The molecule has 0 bridgehead atoms. The van der Waals surface area contributed by atoms with Gasteiger partial charge in [-0.25, -0.2) is 0 Å². The lowest BCUT2D eigenvalue weighted by molar-refractivity contribution is 0.0642. The fraction of sp³-hybridized carbons (Fsp3) is 0.333. The van der Waals surface area contributed by atoms with Crippen LogP contribution in [0, 0.1) is 0 Å². The smallest absolute Gasteiger partial charge is 0.261 e. The van der Waals surface area contributed by atoms with Crippen LogP contribution in [-0.4, -0.2) is 40.2 Å². The number of hydrogen-bond acceptors (Lipinski definition) is 5. The topological polar surface area (TPSA) is 105 Å². The molecule has 7 heteroatoms. The number of nitrogens with zero attached hydrogens (tertiary/aromatic N) is 2. The van der Waals surface area contributed by atoms with E-state index < -0.39 is 5.91 Å². The fourth-order valence-electron chi connectivity index (χ4n) is 3.21. The highest BCUT2D eigenvalue weighted by atomic mass is 16.2. The normalized spacial score (nSPS) is 14.1. The molecule has 1 atom stereocenters. The lowest BCUT2D eigenvalue weighted by Gasteiger charge is -2.16. The van der Waals surface area contributed by atoms with E-state index >= 15 is 0 Å². The standard InChI is InChI=1S/C21H24N4O3/c1-2-3-4-16(12-22)24-19(26)15-5-6-17-18(11-15)21(28)25(20(17)27)13-14-7-9-23-10-8-14/h5-11,16H,2-4,12-13,22H2,1H3,(H,24,26). The van der Waals surface area contributed by atoms with Crippen LogP contribution in [0.2, 0.25) is 0 Å². The SMILES string of the molecule is CCCCC(CN)NC(=O)c1ccc2c(c1)C(=O)N(Cc1ccncc1)C2=O. The van der Waals surface area contributed by atoms with Crippen molar-refractivity contribution in [2.24, 2.45) is 5.73 Å². The quantitative estimate of drug-likeness (QED) is 0.683. The molecule has 0 aliphatic carbocycles. The molecule has 0 fully saturated rings. The zero-order valence-corrected chi connectivity index (χ0v) is 15.9. The van der Waals surface area contributed by atoms with Crippen molar-refractivity contribution in [2.75, 3.05) is 6.54 Å². The van der Waals surface area contributed by atoms with Crippen molar-refractivity contribution in [3.63, 3.8) is 0 Å². The summed E-state index contributed by atoms with van der Waals surface area (Å²) in [7, 11) is 0. The number of benzene rings is 1. The van der Waals surface area contributed by atoms with Crippen molar-refractivity contribution in [3.8, 4) is 0 Å². The number of rotatable bonds is 8. The van der Waals surface area contributed by atoms with Gasteiger partial charge in [-0.15, -0.1) is 0 Å². The van der Waals surface area contributed by atoms with Gasteiger partial charge in [-0.2, -0.15) is 0 Å². The first-order valence-electron chi connectivity index (χ1n) is 9.45. The van der Waals surface area contributed by atoms with Gasteiger partial charge in [0.15, 0.2) is 0 Å². The van der Waals surface area contributed by atoms with E-state index in [0.717, 1.165) is 24.8 Å². The maximum Gasteiger partial charge on any atom is 0.261 e. The highest BCUT2D eigenvalue weighted by Crippen LogP contribution is 2.25. The average molecular weight is 380 g/mol. The van der Waals surface area contributed by atoms with E-state index in [1.54, 1.807) is 36.7 Å². The number of imide groups is 1. The highest BCUT2D eigenvalue weighted by Gasteiger charge is 2.36. The molecular weight excluding hydrogens is 356 g/mol. The van der Waals surface area contributed by atoms with Crippen LogP contribution in [0.5, 0.6) is 0 Å². The van der Waals surface area contributed by atoms with Gasteiger partial charge >= 0.3 is 0 Å². The Bertz CT molecular complexity index is 882. The van der Waals surface area contributed by atoms with Crippen LogP contribution in [0.4, 0.5) is 0 Å². The molecule has 28 heavy (non-hydrogen) atoms. The van der Waals surface area contributed by atoms with Crippen molar-refractivity contribution in [2.45, 2.75) is 38.8 Å². The van der Waals surface area contributed by atoms with Gasteiger partial charge < -0.3 is 11.1 Å². The van der Waals surface area contributed by atoms with Gasteiger partial charge in [-0.1, -0.05) is 19.8 Å². The molecule has 0 spiro atoms. The number of pyridine rings is 1. The molecular formula is C21H24N4O3. The number of aromatic nitrogens is 1. The number of nitrogens with one attached hydrogen (secondary N) is 1. The first kappa shape index (κ1) is 19.7. The van der Waals surface area contributed by atoms with E-state index in [4.69, 9.17) is 5.73 Å². The molecule has 1 aromatic carbocycles. The maximum absolute atomic E-state index is 12.7. The monoisotopic (exact) mass is 380 g/mol. The zero-order valence-electron chi connectivity index (χ0n) is 15.9. The van der Waals surface area contributed by atoms with Gasteiger partial charge in [0, 0.05) is 30.5 Å². The van der Waals surface area contributed by atoms with Crippen LogP contribution >= 0.6 is 0 Å². The molecule has 1 aliphatic heterocycles.